The van der Waals surface area contributed by atoms with E-state index in [2.05, 4.69) is 26.1 Å². The Bertz CT molecular complexity index is 175. The van der Waals surface area contributed by atoms with Gasteiger partial charge in [-0.2, -0.15) is 0 Å². The van der Waals surface area contributed by atoms with E-state index in [0.717, 1.165) is 26.1 Å². The highest BCUT2D eigenvalue weighted by Crippen LogP contribution is 2.25. The van der Waals surface area contributed by atoms with Crippen LogP contribution in [0.1, 0.15) is 33.6 Å². The maximum atomic E-state index is 5.58. The average Bonchev–Trinajstić information content (AvgIpc) is 2.43. The average molecular weight is 201 g/mol. The van der Waals surface area contributed by atoms with Crippen molar-refractivity contribution < 1.29 is 9.47 Å². The first-order chi connectivity index (χ1) is 6.58. The molecule has 3 atom stereocenters. The van der Waals surface area contributed by atoms with E-state index in [4.69, 9.17) is 9.47 Å². The molecule has 84 valence electrons. The lowest BCUT2D eigenvalue weighted by atomic mass is 9.93. The van der Waals surface area contributed by atoms with Gasteiger partial charge in [0.05, 0.1) is 6.10 Å². The Morgan fingerprint density at radius 1 is 1.64 bits per heavy atom. The van der Waals surface area contributed by atoms with Gasteiger partial charge in [0.25, 0.3) is 0 Å². The van der Waals surface area contributed by atoms with Crippen molar-refractivity contribution in [3.8, 4) is 0 Å². The monoisotopic (exact) mass is 201 g/mol. The molecule has 0 bridgehead atoms. The molecule has 0 radical (unpaired) electrons. The molecule has 1 heterocycles. The maximum Gasteiger partial charge on any atom is 0.0726 e. The third-order valence-electron chi connectivity index (χ3n) is 3.22. The van der Waals surface area contributed by atoms with Crippen molar-refractivity contribution in [1.29, 1.82) is 0 Å². The zero-order valence-electron chi connectivity index (χ0n) is 9.80. The van der Waals surface area contributed by atoms with Crippen LogP contribution in [0.2, 0.25) is 0 Å². The summed E-state index contributed by atoms with van der Waals surface area (Å²) in [5.41, 5.74) is 0.146. The molecule has 3 heteroatoms. The van der Waals surface area contributed by atoms with Gasteiger partial charge in [-0.3, -0.25) is 0 Å². The van der Waals surface area contributed by atoms with Crippen LogP contribution in [0.5, 0.6) is 0 Å². The Morgan fingerprint density at radius 3 is 2.86 bits per heavy atom. The van der Waals surface area contributed by atoms with Crippen LogP contribution >= 0.6 is 0 Å². The third kappa shape index (κ3) is 2.94. The standard InChI is InChI=1S/C11H23NO2/c1-9(5-7-13-4)12-11(3)6-8-14-10(11)2/h9-10,12H,5-8H2,1-4H3. The van der Waals surface area contributed by atoms with Gasteiger partial charge in [-0.15, -0.1) is 0 Å². The van der Waals surface area contributed by atoms with Crippen molar-refractivity contribution in [2.24, 2.45) is 0 Å². The number of nitrogens with one attached hydrogen (secondary N) is 1. The molecule has 0 amide bonds. The predicted octanol–water partition coefficient (Wildman–Crippen LogP) is 1.57. The minimum atomic E-state index is 0.146. The van der Waals surface area contributed by atoms with Crippen LogP contribution in [0.25, 0.3) is 0 Å². The topological polar surface area (TPSA) is 30.5 Å². The number of hydrogen-bond donors (Lipinski definition) is 1. The van der Waals surface area contributed by atoms with Crippen LogP contribution in [-0.4, -0.2) is 38.0 Å². The fourth-order valence-electron chi connectivity index (χ4n) is 1.95. The summed E-state index contributed by atoms with van der Waals surface area (Å²) < 4.78 is 10.6. The number of rotatable bonds is 5. The Hall–Kier alpha value is -0.120. The van der Waals surface area contributed by atoms with E-state index < -0.39 is 0 Å². The van der Waals surface area contributed by atoms with Gasteiger partial charge in [0.15, 0.2) is 0 Å². The lowest BCUT2D eigenvalue weighted by Crippen LogP contribution is -2.51. The minimum absolute atomic E-state index is 0.146. The second kappa shape index (κ2) is 5.10. The minimum Gasteiger partial charge on any atom is -0.385 e. The molecule has 1 aliphatic rings. The van der Waals surface area contributed by atoms with Gasteiger partial charge in [-0.1, -0.05) is 0 Å². The predicted molar refractivity (Wildman–Crippen MR) is 57.5 cm³/mol. The molecule has 0 aromatic heterocycles. The Morgan fingerprint density at radius 2 is 2.36 bits per heavy atom. The summed E-state index contributed by atoms with van der Waals surface area (Å²) in [5.74, 6) is 0. The molecule has 0 saturated carbocycles. The second-order valence-electron chi connectivity index (χ2n) is 4.51. The summed E-state index contributed by atoms with van der Waals surface area (Å²) in [6, 6.07) is 0.490. The highest BCUT2D eigenvalue weighted by molar-refractivity contribution is 4.94. The molecule has 0 aromatic carbocycles. The van der Waals surface area contributed by atoms with Crippen molar-refractivity contribution >= 4 is 0 Å². The molecule has 3 unspecified atom stereocenters. The smallest absolute Gasteiger partial charge is 0.0726 e. The summed E-state index contributed by atoms with van der Waals surface area (Å²) in [5, 5.41) is 3.63. The largest absolute Gasteiger partial charge is 0.385 e. The molecule has 14 heavy (non-hydrogen) atoms. The zero-order chi connectivity index (χ0) is 10.6. The molecule has 0 aromatic rings. The van der Waals surface area contributed by atoms with Crippen LogP contribution < -0.4 is 5.32 Å². The van der Waals surface area contributed by atoms with Gasteiger partial charge in [-0.05, 0) is 33.6 Å². The SMILES string of the molecule is COCCC(C)NC1(C)CCOC1C. The van der Waals surface area contributed by atoms with E-state index in [1.165, 1.54) is 0 Å². The molecule has 0 aliphatic carbocycles. The van der Waals surface area contributed by atoms with Crippen LogP contribution in [0.4, 0.5) is 0 Å². The first kappa shape index (κ1) is 12.0. The van der Waals surface area contributed by atoms with Crippen LogP contribution in [0.3, 0.4) is 0 Å². The zero-order valence-corrected chi connectivity index (χ0v) is 9.80. The Balaban J connectivity index is 2.34. The summed E-state index contributed by atoms with van der Waals surface area (Å²) in [7, 11) is 1.75. The quantitative estimate of drug-likeness (QED) is 0.732. The number of ether oxygens (including phenoxy) is 2. The Kier molecular flexibility index (Phi) is 4.35. The molecule has 1 saturated heterocycles. The highest BCUT2D eigenvalue weighted by atomic mass is 16.5. The molecule has 1 N–H and O–H groups in total. The van der Waals surface area contributed by atoms with E-state index >= 15 is 0 Å². The Labute approximate surface area is 87.2 Å². The van der Waals surface area contributed by atoms with E-state index in [0.29, 0.717) is 12.1 Å². The third-order valence-corrected chi connectivity index (χ3v) is 3.22. The fraction of sp³-hybridized carbons (Fsp3) is 1.00. The van der Waals surface area contributed by atoms with Gasteiger partial charge in [0, 0.05) is 31.9 Å². The first-order valence-corrected chi connectivity index (χ1v) is 5.47. The van der Waals surface area contributed by atoms with Crippen LogP contribution in [-0.2, 0) is 9.47 Å². The highest BCUT2D eigenvalue weighted by Gasteiger charge is 2.37. The van der Waals surface area contributed by atoms with Gasteiger partial charge in [-0.25, -0.2) is 0 Å². The first-order valence-electron chi connectivity index (χ1n) is 5.47. The molecule has 0 spiro atoms. The molecule has 1 rings (SSSR count). The maximum absolute atomic E-state index is 5.58. The van der Waals surface area contributed by atoms with E-state index in [9.17, 15) is 0 Å². The van der Waals surface area contributed by atoms with Gasteiger partial charge in [0.2, 0.25) is 0 Å². The van der Waals surface area contributed by atoms with Crippen molar-refractivity contribution in [3.05, 3.63) is 0 Å². The number of methoxy groups -OCH3 is 1. The normalized spacial score (nSPS) is 34.7. The van der Waals surface area contributed by atoms with Crippen LogP contribution in [0, 0.1) is 0 Å². The van der Waals surface area contributed by atoms with Crippen LogP contribution in [0.15, 0.2) is 0 Å². The van der Waals surface area contributed by atoms with Crippen molar-refractivity contribution in [1.82, 2.24) is 5.32 Å². The summed E-state index contributed by atoms with van der Waals surface area (Å²) in [6.45, 7) is 8.29. The second-order valence-corrected chi connectivity index (χ2v) is 4.51. The van der Waals surface area contributed by atoms with Crippen molar-refractivity contribution in [2.45, 2.75) is 51.3 Å². The summed E-state index contributed by atoms with van der Waals surface area (Å²) >= 11 is 0. The molecular formula is C11H23NO2. The molecular weight excluding hydrogens is 178 g/mol. The lowest BCUT2D eigenvalue weighted by Gasteiger charge is -2.32. The van der Waals surface area contributed by atoms with E-state index in [1.54, 1.807) is 7.11 Å². The van der Waals surface area contributed by atoms with Crippen molar-refractivity contribution in [2.75, 3.05) is 20.3 Å². The molecule has 1 aliphatic heterocycles. The van der Waals surface area contributed by atoms with Gasteiger partial charge >= 0.3 is 0 Å². The summed E-state index contributed by atoms with van der Waals surface area (Å²) in [6.07, 6.45) is 2.47. The molecule has 3 nitrogen and oxygen atoms in total. The lowest BCUT2D eigenvalue weighted by molar-refractivity contribution is 0.0821. The molecule has 1 fully saturated rings. The van der Waals surface area contributed by atoms with E-state index in [1.807, 2.05) is 0 Å². The number of hydrogen-bond acceptors (Lipinski definition) is 3. The van der Waals surface area contributed by atoms with Gasteiger partial charge < -0.3 is 14.8 Å². The fourth-order valence-corrected chi connectivity index (χ4v) is 1.95. The van der Waals surface area contributed by atoms with Gasteiger partial charge in [0.1, 0.15) is 0 Å². The van der Waals surface area contributed by atoms with E-state index in [-0.39, 0.29) is 5.54 Å². The van der Waals surface area contributed by atoms with Crippen molar-refractivity contribution in [3.63, 3.8) is 0 Å². The summed E-state index contributed by atoms with van der Waals surface area (Å²) in [4.78, 5) is 0.